The molecule has 0 saturated carbocycles. The molecule has 0 unspecified atom stereocenters. The molecule has 0 aromatic heterocycles. The van der Waals surface area contributed by atoms with E-state index in [0.717, 1.165) is 6.07 Å². The summed E-state index contributed by atoms with van der Waals surface area (Å²) < 4.78 is 12.7. The Hall–Kier alpha value is -1.29. The molecular weight excluding hydrogens is 181 g/mol. The van der Waals surface area contributed by atoms with Crippen LogP contribution in [0.2, 0.25) is 5.02 Å². The molecule has 0 aliphatic rings. The van der Waals surface area contributed by atoms with E-state index in [1.807, 2.05) is 0 Å². The van der Waals surface area contributed by atoms with Gasteiger partial charge in [0.1, 0.15) is 5.82 Å². The minimum atomic E-state index is -0.542. The Morgan fingerprint density at radius 3 is 2.58 bits per heavy atom. The van der Waals surface area contributed by atoms with Gasteiger partial charge in [0, 0.05) is 6.07 Å². The lowest BCUT2D eigenvalue weighted by molar-refractivity contribution is 0.628. The Balaban J connectivity index is 3.05. The van der Waals surface area contributed by atoms with Gasteiger partial charge in [0.05, 0.1) is 10.7 Å². The van der Waals surface area contributed by atoms with E-state index < -0.39 is 5.82 Å². The van der Waals surface area contributed by atoms with E-state index in [2.05, 4.69) is 4.99 Å². The second-order valence-corrected chi connectivity index (χ2v) is 2.54. The molecule has 0 fully saturated rings. The van der Waals surface area contributed by atoms with Gasteiger partial charge in [-0.3, -0.25) is 0 Å². The van der Waals surface area contributed by atoms with Crippen LogP contribution in [0.25, 0.3) is 0 Å². The molecule has 12 heavy (non-hydrogen) atoms. The summed E-state index contributed by atoms with van der Waals surface area (Å²) in [4.78, 5) is 3.63. The molecule has 4 N–H and O–H groups in total. The molecule has 1 rings (SSSR count). The SMILES string of the molecule is NC(N)=Nc1ccc(Cl)c(F)c1. The first-order valence-electron chi connectivity index (χ1n) is 3.14. The lowest BCUT2D eigenvalue weighted by Gasteiger charge is -1.96. The number of nitrogens with zero attached hydrogens (tertiary/aromatic N) is 1. The third kappa shape index (κ3) is 2.10. The summed E-state index contributed by atoms with van der Waals surface area (Å²) in [5, 5.41) is 0.0459. The lowest BCUT2D eigenvalue weighted by atomic mass is 10.3. The maximum absolute atomic E-state index is 12.7. The standard InChI is InChI=1S/C7H7ClFN3/c8-5-2-1-4(3-6(5)9)12-7(10)11/h1-3H,(H4,10,11,12). The predicted octanol–water partition coefficient (Wildman–Crippen LogP) is 1.38. The van der Waals surface area contributed by atoms with Gasteiger partial charge in [0.2, 0.25) is 0 Å². The van der Waals surface area contributed by atoms with E-state index >= 15 is 0 Å². The minimum Gasteiger partial charge on any atom is -0.370 e. The molecule has 64 valence electrons. The van der Waals surface area contributed by atoms with Crippen LogP contribution in [-0.2, 0) is 0 Å². The third-order valence-electron chi connectivity index (χ3n) is 1.16. The fraction of sp³-hybridized carbons (Fsp3) is 0. The van der Waals surface area contributed by atoms with Gasteiger partial charge < -0.3 is 11.5 Å². The van der Waals surface area contributed by atoms with Crippen LogP contribution in [0.4, 0.5) is 10.1 Å². The number of nitrogens with two attached hydrogens (primary N) is 2. The number of halogens is 2. The zero-order valence-electron chi connectivity index (χ0n) is 6.09. The molecule has 0 amide bonds. The number of guanidine groups is 1. The molecule has 0 bridgehead atoms. The normalized spacial score (nSPS) is 9.50. The number of rotatable bonds is 1. The van der Waals surface area contributed by atoms with Crippen LogP contribution < -0.4 is 11.5 Å². The van der Waals surface area contributed by atoms with Crippen LogP contribution in [0.15, 0.2) is 23.2 Å². The van der Waals surface area contributed by atoms with E-state index in [1.54, 1.807) is 0 Å². The van der Waals surface area contributed by atoms with Gasteiger partial charge in [-0.1, -0.05) is 11.6 Å². The summed E-state index contributed by atoms with van der Waals surface area (Å²) in [6.07, 6.45) is 0. The molecule has 0 heterocycles. The third-order valence-corrected chi connectivity index (χ3v) is 1.47. The van der Waals surface area contributed by atoms with Crippen LogP contribution in [0.5, 0.6) is 0 Å². The molecular formula is C7H7ClFN3. The second-order valence-electron chi connectivity index (χ2n) is 2.14. The topological polar surface area (TPSA) is 64.4 Å². The fourth-order valence-electron chi connectivity index (χ4n) is 0.704. The van der Waals surface area contributed by atoms with Crippen LogP contribution in [0.3, 0.4) is 0 Å². The van der Waals surface area contributed by atoms with Gasteiger partial charge in [-0.15, -0.1) is 0 Å². The Morgan fingerprint density at radius 2 is 2.08 bits per heavy atom. The highest BCUT2D eigenvalue weighted by Gasteiger charge is 1.99. The van der Waals surface area contributed by atoms with Gasteiger partial charge in [-0.2, -0.15) is 0 Å². The van der Waals surface area contributed by atoms with E-state index in [1.165, 1.54) is 12.1 Å². The highest BCUT2D eigenvalue weighted by molar-refractivity contribution is 6.30. The van der Waals surface area contributed by atoms with Crippen molar-refractivity contribution in [2.24, 2.45) is 16.5 Å². The van der Waals surface area contributed by atoms with Gasteiger partial charge in [0.15, 0.2) is 5.96 Å². The molecule has 0 spiro atoms. The molecule has 0 radical (unpaired) electrons. The first kappa shape index (κ1) is 8.80. The predicted molar refractivity (Wildman–Crippen MR) is 46.9 cm³/mol. The lowest BCUT2D eigenvalue weighted by Crippen LogP contribution is -2.21. The Morgan fingerprint density at radius 1 is 1.42 bits per heavy atom. The van der Waals surface area contributed by atoms with E-state index in [4.69, 9.17) is 23.1 Å². The Kier molecular flexibility index (Phi) is 2.50. The molecule has 3 nitrogen and oxygen atoms in total. The summed E-state index contributed by atoms with van der Waals surface area (Å²) in [5.74, 6) is -0.657. The summed E-state index contributed by atoms with van der Waals surface area (Å²) in [6, 6.07) is 4.06. The summed E-state index contributed by atoms with van der Waals surface area (Å²) >= 11 is 5.43. The Bertz CT molecular complexity index is 320. The monoisotopic (exact) mass is 187 g/mol. The van der Waals surface area contributed by atoms with Gasteiger partial charge >= 0.3 is 0 Å². The zero-order chi connectivity index (χ0) is 9.14. The maximum Gasteiger partial charge on any atom is 0.191 e. The molecule has 1 aromatic carbocycles. The molecule has 0 atom stereocenters. The smallest absolute Gasteiger partial charge is 0.191 e. The molecule has 0 saturated heterocycles. The van der Waals surface area contributed by atoms with Crippen LogP contribution in [0.1, 0.15) is 0 Å². The average molecular weight is 188 g/mol. The van der Waals surface area contributed by atoms with Gasteiger partial charge in [0.25, 0.3) is 0 Å². The average Bonchev–Trinajstić information content (AvgIpc) is 1.96. The Labute approximate surface area is 73.8 Å². The van der Waals surface area contributed by atoms with E-state index in [0.29, 0.717) is 5.69 Å². The van der Waals surface area contributed by atoms with Gasteiger partial charge in [-0.25, -0.2) is 9.38 Å². The largest absolute Gasteiger partial charge is 0.370 e. The van der Waals surface area contributed by atoms with Crippen molar-refractivity contribution < 1.29 is 4.39 Å². The number of benzene rings is 1. The van der Waals surface area contributed by atoms with Crippen LogP contribution in [-0.4, -0.2) is 5.96 Å². The highest BCUT2D eigenvalue weighted by atomic mass is 35.5. The molecule has 0 aliphatic carbocycles. The fourth-order valence-corrected chi connectivity index (χ4v) is 0.821. The molecule has 5 heteroatoms. The zero-order valence-corrected chi connectivity index (χ0v) is 6.85. The summed E-state index contributed by atoms with van der Waals surface area (Å²) in [7, 11) is 0. The van der Waals surface area contributed by atoms with Crippen molar-refractivity contribution in [2.45, 2.75) is 0 Å². The van der Waals surface area contributed by atoms with Crippen molar-refractivity contribution in [2.75, 3.05) is 0 Å². The van der Waals surface area contributed by atoms with Crippen LogP contribution in [0, 0.1) is 5.82 Å². The van der Waals surface area contributed by atoms with Crippen molar-refractivity contribution in [1.82, 2.24) is 0 Å². The molecule has 1 aromatic rings. The molecule has 0 aliphatic heterocycles. The summed E-state index contributed by atoms with van der Waals surface area (Å²) in [5.41, 5.74) is 10.5. The summed E-state index contributed by atoms with van der Waals surface area (Å²) in [6.45, 7) is 0. The van der Waals surface area contributed by atoms with Gasteiger partial charge in [-0.05, 0) is 12.1 Å². The van der Waals surface area contributed by atoms with E-state index in [9.17, 15) is 4.39 Å². The maximum atomic E-state index is 12.7. The first-order chi connectivity index (χ1) is 5.59. The van der Waals surface area contributed by atoms with Crippen molar-refractivity contribution >= 4 is 23.2 Å². The van der Waals surface area contributed by atoms with Crippen molar-refractivity contribution in [3.05, 3.63) is 29.0 Å². The number of hydrogen-bond acceptors (Lipinski definition) is 1. The second kappa shape index (κ2) is 3.40. The van der Waals surface area contributed by atoms with E-state index in [-0.39, 0.29) is 11.0 Å². The van der Waals surface area contributed by atoms with Crippen molar-refractivity contribution in [3.63, 3.8) is 0 Å². The first-order valence-corrected chi connectivity index (χ1v) is 3.52. The number of hydrogen-bond donors (Lipinski definition) is 2. The minimum absolute atomic E-state index is 0.0459. The quantitative estimate of drug-likeness (QED) is 0.516. The number of aliphatic imine (C=N–C) groups is 1. The van der Waals surface area contributed by atoms with Crippen molar-refractivity contribution in [3.8, 4) is 0 Å². The van der Waals surface area contributed by atoms with Crippen molar-refractivity contribution in [1.29, 1.82) is 0 Å². The highest BCUT2D eigenvalue weighted by Crippen LogP contribution is 2.20. The van der Waals surface area contributed by atoms with Crippen LogP contribution >= 0.6 is 11.6 Å².